The number of nitrogens with zero attached hydrogens (tertiary/aromatic N) is 1. The molecule has 0 amide bonds. The maximum absolute atomic E-state index is 6.19. The summed E-state index contributed by atoms with van der Waals surface area (Å²) in [7, 11) is 1.93. The van der Waals surface area contributed by atoms with Crippen molar-refractivity contribution < 1.29 is 4.52 Å². The molecule has 2 unspecified atom stereocenters. The van der Waals surface area contributed by atoms with Gasteiger partial charge in [0.05, 0.1) is 0 Å². The lowest BCUT2D eigenvalue weighted by molar-refractivity contribution is 0.218. The molecule has 0 bridgehead atoms. The maximum atomic E-state index is 6.19. The number of benzene rings is 1. The third-order valence-electron chi connectivity index (χ3n) is 2.78. The van der Waals surface area contributed by atoms with Gasteiger partial charge in [0, 0.05) is 6.04 Å². The van der Waals surface area contributed by atoms with Crippen LogP contribution in [0.4, 0.5) is 0 Å². The average molecular weight is 262 g/mol. The van der Waals surface area contributed by atoms with Crippen molar-refractivity contribution in [2.45, 2.75) is 19.1 Å². The Hall–Kier alpha value is 0.0800. The first kappa shape index (κ1) is 11.6. The summed E-state index contributed by atoms with van der Waals surface area (Å²) < 4.78 is 7.75. The molecule has 1 aromatic rings. The minimum atomic E-state index is -2.27. The summed E-state index contributed by atoms with van der Waals surface area (Å²) in [5, 5.41) is 0. The molecule has 0 saturated carbocycles. The van der Waals surface area contributed by atoms with E-state index in [1.807, 2.05) is 42.0 Å². The molecule has 82 valence electrons. The van der Waals surface area contributed by atoms with Crippen LogP contribution in [-0.4, -0.2) is 17.8 Å². The zero-order valence-electron chi connectivity index (χ0n) is 8.63. The number of hydrogen-bond donors (Lipinski definition) is 0. The topological polar surface area (TPSA) is 12.5 Å². The van der Waals surface area contributed by atoms with Crippen LogP contribution in [0.1, 0.15) is 18.6 Å². The number of halogens is 1. The lowest BCUT2D eigenvalue weighted by Gasteiger charge is -2.18. The highest BCUT2D eigenvalue weighted by Crippen LogP contribution is 2.65. The SMILES string of the molecule is C[C@H]1C(c2ccccc2)OP(=S)(Cl)N1C. The van der Waals surface area contributed by atoms with E-state index in [2.05, 4.69) is 6.92 Å². The molecule has 0 radical (unpaired) electrons. The first-order chi connectivity index (χ1) is 7.02. The van der Waals surface area contributed by atoms with Crippen LogP contribution >= 0.6 is 17.0 Å². The molecule has 0 N–H and O–H groups in total. The van der Waals surface area contributed by atoms with E-state index in [9.17, 15) is 0 Å². The Morgan fingerprint density at radius 1 is 1.40 bits per heavy atom. The lowest BCUT2D eigenvalue weighted by Crippen LogP contribution is -2.22. The molecule has 1 aromatic carbocycles. The van der Waals surface area contributed by atoms with Gasteiger partial charge in [-0.1, -0.05) is 30.3 Å². The Morgan fingerprint density at radius 2 is 2.00 bits per heavy atom. The van der Waals surface area contributed by atoms with Gasteiger partial charge in [-0.15, -0.1) is 0 Å². The van der Waals surface area contributed by atoms with Crippen molar-refractivity contribution in [3.63, 3.8) is 0 Å². The minimum absolute atomic E-state index is 0.000432. The molecule has 0 aromatic heterocycles. The fourth-order valence-electron chi connectivity index (χ4n) is 1.70. The first-order valence-corrected chi connectivity index (χ1v) is 8.36. The molecular weight excluding hydrogens is 249 g/mol. The second kappa shape index (κ2) is 4.15. The normalized spacial score (nSPS) is 37.0. The fourth-order valence-corrected chi connectivity index (χ4v) is 4.38. The van der Waals surface area contributed by atoms with E-state index in [-0.39, 0.29) is 12.1 Å². The highest BCUT2D eigenvalue weighted by molar-refractivity contribution is 8.23. The van der Waals surface area contributed by atoms with Gasteiger partial charge in [-0.05, 0) is 42.6 Å². The number of rotatable bonds is 1. The zero-order valence-corrected chi connectivity index (χ0v) is 11.1. The molecule has 1 fully saturated rings. The van der Waals surface area contributed by atoms with Gasteiger partial charge < -0.3 is 4.52 Å². The van der Waals surface area contributed by atoms with E-state index in [4.69, 9.17) is 27.6 Å². The van der Waals surface area contributed by atoms with Gasteiger partial charge in [0.2, 0.25) is 5.77 Å². The van der Waals surface area contributed by atoms with E-state index < -0.39 is 5.77 Å². The highest BCUT2D eigenvalue weighted by atomic mass is 35.7. The summed E-state index contributed by atoms with van der Waals surface area (Å²) in [5.74, 6) is -2.27. The molecule has 1 aliphatic rings. The molecule has 15 heavy (non-hydrogen) atoms. The third-order valence-corrected chi connectivity index (χ3v) is 6.37. The van der Waals surface area contributed by atoms with Crippen molar-refractivity contribution in [2.24, 2.45) is 0 Å². The van der Waals surface area contributed by atoms with E-state index >= 15 is 0 Å². The van der Waals surface area contributed by atoms with Crippen molar-refractivity contribution in [1.29, 1.82) is 0 Å². The lowest BCUT2D eigenvalue weighted by atomic mass is 10.0. The summed E-state index contributed by atoms with van der Waals surface area (Å²) in [6, 6.07) is 10.3. The standard InChI is InChI=1S/C10H13ClNOPS/c1-8-10(9-6-4-3-5-7-9)13-14(11,15)12(8)2/h3-8,10H,1-2H3/t8-,10?,14?/m0/s1. The molecule has 2 rings (SSSR count). The van der Waals surface area contributed by atoms with Crippen LogP contribution in [-0.2, 0) is 16.3 Å². The van der Waals surface area contributed by atoms with Crippen molar-refractivity contribution in [3.8, 4) is 0 Å². The Balaban J connectivity index is 2.31. The van der Waals surface area contributed by atoms with Gasteiger partial charge in [0.15, 0.2) is 0 Å². The number of likely N-dealkylation sites (N-methyl/N-ethyl adjacent to an activating group) is 1. The first-order valence-electron chi connectivity index (χ1n) is 4.79. The van der Waals surface area contributed by atoms with E-state index in [1.165, 1.54) is 0 Å². The van der Waals surface area contributed by atoms with Gasteiger partial charge in [-0.2, -0.15) is 0 Å². The van der Waals surface area contributed by atoms with Crippen LogP contribution in [0, 0.1) is 0 Å². The molecular formula is C10H13ClNOPS. The highest BCUT2D eigenvalue weighted by Gasteiger charge is 2.41. The Morgan fingerprint density at radius 3 is 2.47 bits per heavy atom. The molecule has 1 aliphatic heterocycles. The Kier molecular flexibility index (Phi) is 3.20. The quantitative estimate of drug-likeness (QED) is 0.718. The largest absolute Gasteiger partial charge is 0.317 e. The minimum Gasteiger partial charge on any atom is -0.317 e. The molecule has 3 atom stereocenters. The van der Waals surface area contributed by atoms with Gasteiger partial charge >= 0.3 is 0 Å². The van der Waals surface area contributed by atoms with Crippen LogP contribution in [0.25, 0.3) is 0 Å². The summed E-state index contributed by atoms with van der Waals surface area (Å²) in [4.78, 5) is 0. The molecule has 0 aliphatic carbocycles. The van der Waals surface area contributed by atoms with Crippen molar-refractivity contribution in [3.05, 3.63) is 35.9 Å². The third kappa shape index (κ3) is 2.13. The van der Waals surface area contributed by atoms with Crippen molar-refractivity contribution in [2.75, 3.05) is 7.05 Å². The van der Waals surface area contributed by atoms with E-state index in [0.717, 1.165) is 5.56 Å². The van der Waals surface area contributed by atoms with Gasteiger partial charge in [0.25, 0.3) is 0 Å². The number of hydrogen-bond acceptors (Lipinski definition) is 2. The molecule has 1 heterocycles. The fraction of sp³-hybridized carbons (Fsp3) is 0.400. The van der Waals surface area contributed by atoms with Crippen LogP contribution in [0.15, 0.2) is 30.3 Å². The van der Waals surface area contributed by atoms with Crippen LogP contribution in [0.3, 0.4) is 0 Å². The predicted octanol–water partition coefficient (Wildman–Crippen LogP) is 3.54. The smallest absolute Gasteiger partial charge is 0.222 e. The Labute approximate surface area is 100 Å². The van der Waals surface area contributed by atoms with Crippen molar-refractivity contribution >= 4 is 28.8 Å². The summed E-state index contributed by atoms with van der Waals surface area (Å²) >= 11 is 11.5. The summed E-state index contributed by atoms with van der Waals surface area (Å²) in [6.07, 6.45) is -0.000432. The Bertz CT molecular complexity index is 400. The predicted molar refractivity (Wildman–Crippen MR) is 67.6 cm³/mol. The van der Waals surface area contributed by atoms with Crippen LogP contribution < -0.4 is 0 Å². The summed E-state index contributed by atoms with van der Waals surface area (Å²) in [6.45, 7) is 2.09. The zero-order chi connectivity index (χ0) is 11.1. The van der Waals surface area contributed by atoms with Crippen LogP contribution in [0.2, 0.25) is 0 Å². The second-order valence-corrected chi connectivity index (χ2v) is 8.91. The summed E-state index contributed by atoms with van der Waals surface area (Å²) in [5.41, 5.74) is 1.14. The molecule has 1 saturated heterocycles. The molecule has 0 spiro atoms. The average Bonchev–Trinajstić information content (AvgIpc) is 2.44. The maximum Gasteiger partial charge on any atom is 0.222 e. The van der Waals surface area contributed by atoms with E-state index in [0.29, 0.717) is 0 Å². The monoisotopic (exact) mass is 261 g/mol. The van der Waals surface area contributed by atoms with Gasteiger partial charge in [-0.3, -0.25) is 0 Å². The van der Waals surface area contributed by atoms with Crippen LogP contribution in [0.5, 0.6) is 0 Å². The van der Waals surface area contributed by atoms with Gasteiger partial charge in [-0.25, -0.2) is 4.67 Å². The second-order valence-electron chi connectivity index (χ2n) is 3.70. The molecule has 5 heteroatoms. The van der Waals surface area contributed by atoms with Crippen molar-refractivity contribution in [1.82, 2.24) is 4.67 Å². The van der Waals surface area contributed by atoms with E-state index in [1.54, 1.807) is 0 Å². The van der Waals surface area contributed by atoms with Gasteiger partial charge in [0.1, 0.15) is 6.10 Å². The molecule has 2 nitrogen and oxygen atoms in total.